The summed E-state index contributed by atoms with van der Waals surface area (Å²) in [6, 6.07) is 7.07. The van der Waals surface area contributed by atoms with Crippen molar-refractivity contribution in [1.29, 1.82) is 0 Å². The minimum atomic E-state index is -3.85. The quantitative estimate of drug-likeness (QED) is 0.548. The van der Waals surface area contributed by atoms with Gasteiger partial charge < -0.3 is 10.6 Å². The fourth-order valence-electron chi connectivity index (χ4n) is 4.60. The summed E-state index contributed by atoms with van der Waals surface area (Å²) in [6.07, 6.45) is 7.25. The van der Waals surface area contributed by atoms with Crippen LogP contribution in [0, 0.1) is 5.92 Å². The van der Waals surface area contributed by atoms with Crippen LogP contribution in [-0.4, -0.2) is 54.7 Å². The van der Waals surface area contributed by atoms with Gasteiger partial charge in [0, 0.05) is 31.1 Å². The van der Waals surface area contributed by atoms with Crippen LogP contribution in [0.2, 0.25) is 0 Å². The molecule has 1 aliphatic carbocycles. The molecule has 33 heavy (non-hydrogen) atoms. The highest BCUT2D eigenvalue weighted by atomic mass is 32.2. The van der Waals surface area contributed by atoms with Crippen LogP contribution in [-0.2, 0) is 10.2 Å². The number of urea groups is 1. The summed E-state index contributed by atoms with van der Waals surface area (Å²) in [5, 5.41) is 6.58. The monoisotopic (exact) mass is 493 g/mol. The van der Waals surface area contributed by atoms with Crippen molar-refractivity contribution in [2.24, 2.45) is 5.92 Å². The smallest absolute Gasteiger partial charge is 0.329 e. The maximum Gasteiger partial charge on any atom is 0.329 e. The first-order valence-electron chi connectivity index (χ1n) is 11.6. The van der Waals surface area contributed by atoms with Crippen LogP contribution in [0.3, 0.4) is 0 Å². The third-order valence-corrected chi connectivity index (χ3v) is 8.82. The minimum Gasteiger partial charge on any atom is -0.351 e. The van der Waals surface area contributed by atoms with E-state index in [0.717, 1.165) is 42.2 Å². The van der Waals surface area contributed by atoms with Gasteiger partial charge in [0.2, 0.25) is 0 Å². The largest absolute Gasteiger partial charge is 0.351 e. The summed E-state index contributed by atoms with van der Waals surface area (Å²) in [5.41, 5.74) is 0.453. The van der Waals surface area contributed by atoms with E-state index in [9.17, 15) is 18.0 Å². The molecule has 0 spiro atoms. The fraction of sp³-hybridized carbons (Fsp3) is 0.591. The second kappa shape index (κ2) is 10.8. The zero-order chi connectivity index (χ0) is 23.3. The Kier molecular flexibility index (Phi) is 7.82. The van der Waals surface area contributed by atoms with Crippen molar-refractivity contribution in [2.75, 3.05) is 19.6 Å². The van der Waals surface area contributed by atoms with E-state index < -0.39 is 16.2 Å². The van der Waals surface area contributed by atoms with Crippen molar-refractivity contribution in [2.45, 2.75) is 57.4 Å². The first kappa shape index (κ1) is 23.9. The van der Waals surface area contributed by atoms with Crippen LogP contribution in [0.15, 0.2) is 24.3 Å². The van der Waals surface area contributed by atoms with Gasteiger partial charge in [0.15, 0.2) is 0 Å². The van der Waals surface area contributed by atoms with Crippen LogP contribution in [0.4, 0.5) is 4.79 Å². The van der Waals surface area contributed by atoms with E-state index in [1.54, 1.807) is 0 Å². The van der Waals surface area contributed by atoms with Crippen LogP contribution in [0.25, 0.3) is 10.1 Å². The first-order chi connectivity index (χ1) is 15.9. The summed E-state index contributed by atoms with van der Waals surface area (Å²) in [7, 11) is -3.85. The molecule has 9 nitrogen and oxygen atoms in total. The first-order valence-corrected chi connectivity index (χ1v) is 13.8. The molecule has 2 heterocycles. The van der Waals surface area contributed by atoms with Gasteiger partial charge in [-0.2, -0.15) is 17.1 Å². The van der Waals surface area contributed by atoms with Gasteiger partial charge in [-0.25, -0.2) is 9.52 Å². The van der Waals surface area contributed by atoms with Crippen molar-refractivity contribution >= 4 is 43.8 Å². The van der Waals surface area contributed by atoms with Gasteiger partial charge in [0.1, 0.15) is 5.69 Å². The topological polar surface area (TPSA) is 121 Å². The lowest BCUT2D eigenvalue weighted by atomic mass is 9.95. The number of amides is 3. The number of carbonyl (C=O) groups is 2. The number of benzene rings is 1. The molecule has 1 aromatic carbocycles. The highest BCUT2D eigenvalue weighted by molar-refractivity contribution is 7.87. The molecular formula is C22H31N5O4S2. The van der Waals surface area contributed by atoms with Crippen LogP contribution < -0.4 is 15.4 Å². The predicted octanol–water partition coefficient (Wildman–Crippen LogP) is 3.00. The predicted molar refractivity (Wildman–Crippen MR) is 128 cm³/mol. The highest BCUT2D eigenvalue weighted by Gasteiger charge is 2.30. The molecule has 0 radical (unpaired) electrons. The van der Waals surface area contributed by atoms with Crippen LogP contribution >= 0.6 is 11.5 Å². The molecule has 1 aliphatic heterocycles. The van der Waals surface area contributed by atoms with Crippen molar-refractivity contribution in [3.05, 3.63) is 30.0 Å². The number of hydrogen-bond acceptors (Lipinski definition) is 6. The SMILES string of the molecule is O=C(NC1CCCCC1)NS(=O)(=O)N1CCC(CCNC(=O)c2nsc3ccccc23)CC1. The Morgan fingerprint density at radius 2 is 1.79 bits per heavy atom. The molecule has 4 rings (SSSR count). The molecule has 1 saturated carbocycles. The van der Waals surface area contributed by atoms with Gasteiger partial charge in [-0.1, -0.05) is 37.5 Å². The molecule has 2 aliphatic rings. The Bertz CT molecular complexity index is 1070. The van der Waals surface area contributed by atoms with E-state index in [2.05, 4.69) is 19.7 Å². The van der Waals surface area contributed by atoms with E-state index in [-0.39, 0.29) is 11.9 Å². The summed E-state index contributed by atoms with van der Waals surface area (Å²) >= 11 is 1.31. The van der Waals surface area contributed by atoms with Crippen molar-refractivity contribution < 1.29 is 18.0 Å². The normalized spacial score (nSPS) is 18.8. The third-order valence-electron chi connectivity index (χ3n) is 6.51. The van der Waals surface area contributed by atoms with Crippen LogP contribution in [0.1, 0.15) is 61.9 Å². The number of nitrogens with zero attached hydrogens (tertiary/aromatic N) is 2. The van der Waals surface area contributed by atoms with Crippen LogP contribution in [0.5, 0.6) is 0 Å². The molecule has 1 aromatic heterocycles. The molecular weight excluding hydrogens is 462 g/mol. The van der Waals surface area contributed by atoms with Crippen molar-refractivity contribution in [3.63, 3.8) is 0 Å². The number of rotatable bonds is 7. The standard InChI is InChI=1S/C22H31N5O4S2/c28-21(20-18-8-4-5-9-19(18)32-25-20)23-13-10-16-11-14-27(15-12-16)33(30,31)26-22(29)24-17-6-2-1-3-7-17/h4-5,8-9,16-17H,1-3,6-7,10-15H2,(H,23,28)(H2,24,26,29). The maximum absolute atomic E-state index is 12.6. The molecule has 2 aromatic rings. The van der Waals surface area contributed by atoms with Gasteiger partial charge in [0.05, 0.1) is 4.70 Å². The summed E-state index contributed by atoms with van der Waals surface area (Å²) in [6.45, 7) is 1.24. The Morgan fingerprint density at radius 3 is 2.55 bits per heavy atom. The number of carbonyl (C=O) groups excluding carboxylic acids is 2. The van der Waals surface area contributed by atoms with Gasteiger partial charge in [-0.15, -0.1) is 0 Å². The Labute approximate surface area is 198 Å². The molecule has 2 fully saturated rings. The van der Waals surface area contributed by atoms with Gasteiger partial charge in [-0.05, 0) is 55.6 Å². The molecule has 11 heteroatoms. The molecule has 0 bridgehead atoms. The zero-order valence-corrected chi connectivity index (χ0v) is 20.2. The third kappa shape index (κ3) is 6.21. The van der Waals surface area contributed by atoms with E-state index in [0.29, 0.717) is 44.1 Å². The van der Waals surface area contributed by atoms with Gasteiger partial charge in [-0.3, -0.25) is 4.79 Å². The minimum absolute atomic E-state index is 0.0529. The Balaban J connectivity index is 1.18. The molecule has 0 atom stereocenters. The number of nitrogens with one attached hydrogen (secondary N) is 3. The van der Waals surface area contributed by atoms with Gasteiger partial charge >= 0.3 is 16.2 Å². The van der Waals surface area contributed by atoms with Crippen molar-refractivity contribution in [3.8, 4) is 0 Å². The number of fused-ring (bicyclic) bond motifs is 1. The maximum atomic E-state index is 12.6. The number of aromatic nitrogens is 1. The summed E-state index contributed by atoms with van der Waals surface area (Å²) in [5.74, 6) is 0.139. The second-order valence-electron chi connectivity index (χ2n) is 8.83. The fourth-order valence-corrected chi connectivity index (χ4v) is 6.49. The lowest BCUT2D eigenvalue weighted by Gasteiger charge is -2.31. The van der Waals surface area contributed by atoms with E-state index in [1.807, 2.05) is 24.3 Å². The lowest BCUT2D eigenvalue weighted by molar-refractivity contribution is 0.0947. The molecule has 1 saturated heterocycles. The molecule has 180 valence electrons. The van der Waals surface area contributed by atoms with E-state index in [4.69, 9.17) is 0 Å². The molecule has 3 N–H and O–H groups in total. The molecule has 0 unspecified atom stereocenters. The Morgan fingerprint density at radius 1 is 1.06 bits per heavy atom. The summed E-state index contributed by atoms with van der Waals surface area (Å²) < 4.78 is 33.9. The van der Waals surface area contributed by atoms with Crippen molar-refractivity contribution in [1.82, 2.24) is 24.0 Å². The van der Waals surface area contributed by atoms with Gasteiger partial charge in [0.25, 0.3) is 5.91 Å². The second-order valence-corrected chi connectivity index (χ2v) is 11.3. The van der Waals surface area contributed by atoms with E-state index in [1.165, 1.54) is 22.3 Å². The number of piperidine rings is 1. The highest BCUT2D eigenvalue weighted by Crippen LogP contribution is 2.24. The lowest BCUT2D eigenvalue weighted by Crippen LogP contribution is -2.51. The Hall–Kier alpha value is -2.24. The average molecular weight is 494 g/mol. The average Bonchev–Trinajstić information content (AvgIpc) is 3.24. The van der Waals surface area contributed by atoms with E-state index >= 15 is 0 Å². The summed E-state index contributed by atoms with van der Waals surface area (Å²) in [4.78, 5) is 24.6. The molecule has 3 amide bonds. The number of hydrogen-bond donors (Lipinski definition) is 3. The zero-order valence-electron chi connectivity index (χ0n) is 18.6.